The fourth-order valence-corrected chi connectivity index (χ4v) is 6.57. The second-order valence-corrected chi connectivity index (χ2v) is 11.0. The Morgan fingerprint density at radius 2 is 1.97 bits per heavy atom. The molecule has 0 radical (unpaired) electrons. The van der Waals surface area contributed by atoms with Crippen LogP contribution in [0.4, 0.5) is 0 Å². The molecule has 4 fully saturated rings. The third-order valence-corrected chi connectivity index (χ3v) is 8.84. The number of carbonyl (C=O) groups excluding carboxylic acids is 1. The van der Waals surface area contributed by atoms with Crippen molar-refractivity contribution in [2.45, 2.75) is 74.9 Å². The van der Waals surface area contributed by atoms with Gasteiger partial charge in [-0.1, -0.05) is 32.0 Å². The van der Waals surface area contributed by atoms with Crippen molar-refractivity contribution < 1.29 is 22.5 Å². The standard InChI is InChI=1S/C20H29BN2O5S/c1-18(2)14-9-11-19(3)20(18,13-14)28-21(27-19)12-10-16(22)17(24)23-29(25,26)15-7-5-4-6-8-15/h4-8,14,16H,9-13,22H2,1-3H3,(H,23,24)/t14-,16-,19-,20-/m0/s1. The van der Waals surface area contributed by atoms with Crippen molar-refractivity contribution in [3.63, 3.8) is 0 Å². The maximum Gasteiger partial charge on any atom is 0.457 e. The molecule has 1 aromatic rings. The quantitative estimate of drug-likeness (QED) is 0.683. The zero-order chi connectivity index (χ0) is 21.1. The lowest BCUT2D eigenvalue weighted by Gasteiger charge is -2.69. The van der Waals surface area contributed by atoms with Crippen LogP contribution in [-0.2, 0) is 24.1 Å². The first kappa shape index (κ1) is 20.8. The summed E-state index contributed by atoms with van der Waals surface area (Å²) in [4.78, 5) is 12.4. The molecule has 158 valence electrons. The van der Waals surface area contributed by atoms with Gasteiger partial charge in [0.25, 0.3) is 15.9 Å². The van der Waals surface area contributed by atoms with E-state index in [0.29, 0.717) is 12.2 Å². The molecule has 1 spiro atoms. The monoisotopic (exact) mass is 420 g/mol. The van der Waals surface area contributed by atoms with Crippen LogP contribution in [0, 0.1) is 11.3 Å². The number of hydrogen-bond acceptors (Lipinski definition) is 6. The SMILES string of the molecule is CC1(C)[C@H]2CC[C@]3(C)OB(CC[C@H](N)C(=O)NS(=O)(=O)c4ccccc4)O[C@@]13C2. The fraction of sp³-hybridized carbons (Fsp3) is 0.650. The number of carbonyl (C=O) groups is 1. The molecule has 1 aromatic carbocycles. The van der Waals surface area contributed by atoms with Crippen LogP contribution < -0.4 is 10.5 Å². The van der Waals surface area contributed by atoms with E-state index in [2.05, 4.69) is 25.5 Å². The highest BCUT2D eigenvalue weighted by molar-refractivity contribution is 7.90. The molecule has 3 N–H and O–H groups in total. The predicted octanol–water partition coefficient (Wildman–Crippen LogP) is 2.08. The molecule has 3 aliphatic carbocycles. The second kappa shape index (κ2) is 6.80. The molecule has 29 heavy (non-hydrogen) atoms. The van der Waals surface area contributed by atoms with Gasteiger partial charge in [-0.05, 0) is 62.4 Å². The van der Waals surface area contributed by atoms with Crippen molar-refractivity contribution in [3.05, 3.63) is 30.3 Å². The van der Waals surface area contributed by atoms with Gasteiger partial charge in [0.05, 0.1) is 22.1 Å². The van der Waals surface area contributed by atoms with E-state index in [0.717, 1.165) is 19.3 Å². The average Bonchev–Trinajstić information content (AvgIpc) is 3.01. The van der Waals surface area contributed by atoms with E-state index in [-0.39, 0.29) is 27.9 Å². The van der Waals surface area contributed by atoms with E-state index in [9.17, 15) is 13.2 Å². The smallest absolute Gasteiger partial charge is 0.403 e. The Hall–Kier alpha value is -1.42. The maximum absolute atomic E-state index is 12.3. The van der Waals surface area contributed by atoms with Gasteiger partial charge in [-0.3, -0.25) is 4.79 Å². The van der Waals surface area contributed by atoms with Crippen molar-refractivity contribution >= 4 is 23.0 Å². The summed E-state index contributed by atoms with van der Waals surface area (Å²) >= 11 is 0. The van der Waals surface area contributed by atoms with E-state index in [1.165, 1.54) is 12.1 Å². The molecule has 4 aliphatic rings. The van der Waals surface area contributed by atoms with Gasteiger partial charge < -0.3 is 15.0 Å². The van der Waals surface area contributed by atoms with Gasteiger partial charge in [0.15, 0.2) is 0 Å². The molecule has 5 rings (SSSR count). The molecule has 1 aliphatic heterocycles. The van der Waals surface area contributed by atoms with Gasteiger partial charge in [0, 0.05) is 0 Å². The van der Waals surface area contributed by atoms with E-state index in [1.807, 2.05) is 0 Å². The highest BCUT2D eigenvalue weighted by atomic mass is 32.2. The Balaban J connectivity index is 1.35. The zero-order valence-electron chi connectivity index (χ0n) is 17.2. The lowest BCUT2D eigenvalue weighted by atomic mass is 9.41. The third-order valence-electron chi connectivity index (χ3n) is 7.48. The summed E-state index contributed by atoms with van der Waals surface area (Å²) in [7, 11) is -4.36. The normalized spacial score (nSPS) is 33.5. The number of nitrogens with one attached hydrogen (secondary N) is 1. The Morgan fingerprint density at radius 1 is 1.28 bits per heavy atom. The third kappa shape index (κ3) is 3.14. The minimum atomic E-state index is -3.93. The molecule has 4 atom stereocenters. The van der Waals surface area contributed by atoms with Crippen molar-refractivity contribution in [2.24, 2.45) is 17.1 Å². The number of nitrogens with two attached hydrogens (primary N) is 1. The van der Waals surface area contributed by atoms with Crippen LogP contribution in [0.3, 0.4) is 0 Å². The first-order valence-corrected chi connectivity index (χ1v) is 11.7. The number of hydrogen-bond donors (Lipinski definition) is 2. The first-order chi connectivity index (χ1) is 13.5. The molecule has 9 heteroatoms. The van der Waals surface area contributed by atoms with Crippen molar-refractivity contribution in [3.8, 4) is 0 Å². The van der Waals surface area contributed by atoms with Gasteiger partial charge in [0.1, 0.15) is 0 Å². The van der Waals surface area contributed by atoms with Crippen molar-refractivity contribution in [1.29, 1.82) is 0 Å². The molecule has 3 saturated carbocycles. The van der Waals surface area contributed by atoms with Gasteiger partial charge >= 0.3 is 7.12 Å². The Bertz CT molecular complexity index is 909. The topological polar surface area (TPSA) is 108 Å². The van der Waals surface area contributed by atoms with Gasteiger partial charge in [-0.25, -0.2) is 13.1 Å². The van der Waals surface area contributed by atoms with Crippen molar-refractivity contribution in [1.82, 2.24) is 4.72 Å². The highest BCUT2D eigenvalue weighted by Crippen LogP contribution is 2.70. The minimum absolute atomic E-state index is 0.0286. The number of sulfonamides is 1. The summed E-state index contributed by atoms with van der Waals surface area (Å²) in [5.74, 6) is -0.0631. The van der Waals surface area contributed by atoms with Crippen LogP contribution in [0.15, 0.2) is 35.2 Å². The van der Waals surface area contributed by atoms with E-state index >= 15 is 0 Å². The Morgan fingerprint density at radius 3 is 2.59 bits per heavy atom. The summed E-state index contributed by atoms with van der Waals surface area (Å²) in [5, 5.41) is 0. The average molecular weight is 420 g/mol. The van der Waals surface area contributed by atoms with Crippen LogP contribution in [-0.4, -0.2) is 38.7 Å². The summed E-state index contributed by atoms with van der Waals surface area (Å²) in [6.07, 6.45) is 3.84. The molecule has 1 saturated heterocycles. The van der Waals surface area contributed by atoms with Crippen LogP contribution in [0.25, 0.3) is 0 Å². The summed E-state index contributed by atoms with van der Waals surface area (Å²) in [5.41, 5.74) is 5.43. The fourth-order valence-electron chi connectivity index (χ4n) is 5.52. The number of benzene rings is 1. The summed E-state index contributed by atoms with van der Waals surface area (Å²) in [6, 6.07) is 6.79. The number of amides is 1. The maximum atomic E-state index is 12.3. The van der Waals surface area contributed by atoms with E-state index < -0.39 is 29.1 Å². The lowest BCUT2D eigenvalue weighted by molar-refractivity contribution is -0.257. The van der Waals surface area contributed by atoms with Crippen LogP contribution >= 0.6 is 0 Å². The number of fused-ring (bicyclic) bond motifs is 1. The van der Waals surface area contributed by atoms with Crippen molar-refractivity contribution in [2.75, 3.05) is 0 Å². The van der Waals surface area contributed by atoms with Gasteiger partial charge in [0.2, 0.25) is 0 Å². The molecule has 1 heterocycles. The van der Waals surface area contributed by atoms with E-state index in [1.54, 1.807) is 18.2 Å². The summed E-state index contributed by atoms with van der Waals surface area (Å²) in [6.45, 7) is 6.62. The molecular weight excluding hydrogens is 391 g/mol. The molecule has 7 nitrogen and oxygen atoms in total. The highest BCUT2D eigenvalue weighted by Gasteiger charge is 2.75. The molecular formula is C20H29BN2O5S. The number of rotatable bonds is 6. The van der Waals surface area contributed by atoms with E-state index in [4.69, 9.17) is 15.0 Å². The van der Waals surface area contributed by atoms with Crippen LogP contribution in [0.2, 0.25) is 6.32 Å². The minimum Gasteiger partial charge on any atom is -0.403 e. The Kier molecular flexibility index (Phi) is 4.89. The molecule has 0 aromatic heterocycles. The summed E-state index contributed by atoms with van der Waals surface area (Å²) < 4.78 is 39.4. The van der Waals surface area contributed by atoms with Gasteiger partial charge in [-0.15, -0.1) is 0 Å². The predicted molar refractivity (Wildman–Crippen MR) is 109 cm³/mol. The Labute approximate surface area is 172 Å². The molecule has 2 bridgehead atoms. The molecule has 1 amide bonds. The first-order valence-electron chi connectivity index (χ1n) is 10.2. The van der Waals surface area contributed by atoms with Crippen LogP contribution in [0.1, 0.15) is 46.5 Å². The van der Waals surface area contributed by atoms with Crippen LogP contribution in [0.5, 0.6) is 0 Å². The lowest BCUT2D eigenvalue weighted by Crippen LogP contribution is -2.73. The zero-order valence-corrected chi connectivity index (χ0v) is 18.0. The molecule has 0 unspecified atom stereocenters. The largest absolute Gasteiger partial charge is 0.457 e. The van der Waals surface area contributed by atoms with Gasteiger partial charge in [-0.2, -0.15) is 0 Å². The second-order valence-electron chi connectivity index (χ2n) is 9.35.